The Hall–Kier alpha value is -1.32. The first-order valence-electron chi connectivity index (χ1n) is 10.6. The molecule has 1 fully saturated rings. The van der Waals surface area contributed by atoms with E-state index in [1.165, 1.54) is 57.8 Å². The number of unbranched alkanes of at least 4 members (excludes halogenated alkanes) is 6. The van der Waals surface area contributed by atoms with Crippen LogP contribution in [-0.4, -0.2) is 25.2 Å². The number of hydrogen-bond acceptors (Lipinski definition) is 4. The van der Waals surface area contributed by atoms with Crippen molar-refractivity contribution >= 4 is 11.9 Å². The van der Waals surface area contributed by atoms with Crippen molar-refractivity contribution in [2.45, 2.75) is 96.3 Å². The minimum absolute atomic E-state index is 0.181. The molecule has 1 aliphatic carbocycles. The van der Waals surface area contributed by atoms with Gasteiger partial charge in [-0.25, -0.2) is 0 Å². The van der Waals surface area contributed by atoms with Gasteiger partial charge in [-0.2, -0.15) is 0 Å². The number of carbonyl (C=O) groups is 2. The molecule has 0 saturated heterocycles. The Morgan fingerprint density at radius 1 is 0.808 bits per heavy atom. The molecular weight excluding hydrogens is 328 g/mol. The number of carbonyl (C=O) groups excluding carboxylic acids is 2. The van der Waals surface area contributed by atoms with E-state index in [1.54, 1.807) is 0 Å². The predicted molar refractivity (Wildman–Crippen MR) is 105 cm³/mol. The van der Waals surface area contributed by atoms with Crippen LogP contribution in [0.4, 0.5) is 0 Å². The van der Waals surface area contributed by atoms with Crippen molar-refractivity contribution in [1.82, 2.24) is 0 Å². The number of esters is 2. The summed E-state index contributed by atoms with van der Waals surface area (Å²) in [7, 11) is 0. The van der Waals surface area contributed by atoms with E-state index in [2.05, 4.69) is 6.58 Å². The van der Waals surface area contributed by atoms with Crippen LogP contribution in [0.5, 0.6) is 0 Å². The highest BCUT2D eigenvalue weighted by Gasteiger charge is 2.15. The topological polar surface area (TPSA) is 52.6 Å². The van der Waals surface area contributed by atoms with E-state index < -0.39 is 0 Å². The first-order valence-corrected chi connectivity index (χ1v) is 10.6. The second-order valence-electron chi connectivity index (χ2n) is 7.46. The summed E-state index contributed by atoms with van der Waals surface area (Å²) in [5.41, 5.74) is 0. The van der Waals surface area contributed by atoms with Gasteiger partial charge in [0.25, 0.3) is 0 Å². The van der Waals surface area contributed by atoms with Crippen molar-refractivity contribution in [2.75, 3.05) is 13.2 Å². The van der Waals surface area contributed by atoms with E-state index in [-0.39, 0.29) is 11.9 Å². The third-order valence-corrected chi connectivity index (χ3v) is 5.03. The summed E-state index contributed by atoms with van der Waals surface area (Å²) in [4.78, 5) is 23.4. The maximum atomic E-state index is 11.7. The average Bonchev–Trinajstić information content (AvgIpc) is 2.66. The van der Waals surface area contributed by atoms with Crippen molar-refractivity contribution in [3.63, 3.8) is 0 Å². The Bertz CT molecular complexity index is 386. The summed E-state index contributed by atoms with van der Waals surface area (Å²) in [6, 6.07) is 0. The summed E-state index contributed by atoms with van der Waals surface area (Å²) < 4.78 is 10.5. The molecule has 1 saturated carbocycles. The normalized spacial score (nSPS) is 14.8. The lowest BCUT2D eigenvalue weighted by Crippen LogP contribution is -2.17. The quantitative estimate of drug-likeness (QED) is 0.211. The van der Waals surface area contributed by atoms with Crippen molar-refractivity contribution in [1.29, 1.82) is 0 Å². The largest absolute Gasteiger partial charge is 0.466 e. The van der Waals surface area contributed by atoms with Gasteiger partial charge in [0.2, 0.25) is 0 Å². The van der Waals surface area contributed by atoms with Crippen LogP contribution in [0, 0.1) is 5.92 Å². The highest BCUT2D eigenvalue weighted by Crippen LogP contribution is 2.23. The van der Waals surface area contributed by atoms with Crippen LogP contribution in [0.3, 0.4) is 0 Å². The van der Waals surface area contributed by atoms with Gasteiger partial charge in [0.15, 0.2) is 0 Å². The third kappa shape index (κ3) is 13.0. The lowest BCUT2D eigenvalue weighted by molar-refractivity contribution is -0.146. The fourth-order valence-corrected chi connectivity index (χ4v) is 3.37. The van der Waals surface area contributed by atoms with Gasteiger partial charge in [-0.1, -0.05) is 51.0 Å². The average molecular weight is 367 g/mol. The molecule has 0 aromatic rings. The second kappa shape index (κ2) is 15.9. The molecule has 0 N–H and O–H groups in total. The molecule has 4 heteroatoms. The minimum Gasteiger partial charge on any atom is -0.466 e. The number of allylic oxidation sites excluding steroid dienone is 1. The molecule has 0 aliphatic heterocycles. The molecular formula is C22H38O4. The molecule has 0 atom stereocenters. The van der Waals surface area contributed by atoms with Crippen LogP contribution in [-0.2, 0) is 19.1 Å². The Balaban J connectivity index is 1.86. The molecule has 0 heterocycles. The maximum Gasteiger partial charge on any atom is 0.305 e. The molecule has 0 bridgehead atoms. The zero-order valence-corrected chi connectivity index (χ0v) is 16.5. The van der Waals surface area contributed by atoms with Crippen LogP contribution >= 0.6 is 0 Å². The summed E-state index contributed by atoms with van der Waals surface area (Å²) in [5.74, 6) is 0.163. The third-order valence-electron chi connectivity index (χ3n) is 5.03. The van der Waals surface area contributed by atoms with Gasteiger partial charge >= 0.3 is 11.9 Å². The van der Waals surface area contributed by atoms with Gasteiger partial charge in [0, 0.05) is 12.8 Å². The summed E-state index contributed by atoms with van der Waals surface area (Å²) >= 11 is 0. The Kier molecular flexibility index (Phi) is 13.9. The molecule has 0 radical (unpaired) electrons. The van der Waals surface area contributed by atoms with Crippen molar-refractivity contribution < 1.29 is 19.1 Å². The first kappa shape index (κ1) is 22.7. The second-order valence-corrected chi connectivity index (χ2v) is 7.46. The molecule has 0 aromatic heterocycles. The van der Waals surface area contributed by atoms with Gasteiger partial charge in [-0.3, -0.25) is 9.59 Å². The first-order chi connectivity index (χ1) is 12.7. The highest BCUT2D eigenvalue weighted by atomic mass is 16.5. The lowest BCUT2D eigenvalue weighted by atomic mass is 9.90. The molecule has 0 aromatic carbocycles. The van der Waals surface area contributed by atoms with E-state index >= 15 is 0 Å². The van der Waals surface area contributed by atoms with E-state index in [0.717, 1.165) is 19.3 Å². The van der Waals surface area contributed by atoms with Gasteiger partial charge in [0.05, 0.1) is 13.2 Å². The molecule has 0 spiro atoms. The predicted octanol–water partition coefficient (Wildman–Crippen LogP) is 5.74. The Labute approximate surface area is 159 Å². The van der Waals surface area contributed by atoms with Crippen molar-refractivity contribution in [3.8, 4) is 0 Å². The Morgan fingerprint density at radius 3 is 2.12 bits per heavy atom. The Morgan fingerprint density at radius 2 is 1.42 bits per heavy atom. The fourth-order valence-electron chi connectivity index (χ4n) is 3.37. The zero-order chi connectivity index (χ0) is 18.9. The van der Waals surface area contributed by atoms with Gasteiger partial charge in [0.1, 0.15) is 0 Å². The standard InChI is InChI=1S/C22H38O4/c1-2-3-4-5-6-7-8-12-18-25-21(23)16-13-17-22(24)26-19-20-14-10-9-11-15-20/h2,20H,1,3-19H2. The summed E-state index contributed by atoms with van der Waals surface area (Å²) in [6.45, 7) is 4.77. The van der Waals surface area contributed by atoms with Crippen molar-refractivity contribution in [2.24, 2.45) is 5.92 Å². The zero-order valence-electron chi connectivity index (χ0n) is 16.5. The van der Waals surface area contributed by atoms with Crippen LogP contribution in [0.2, 0.25) is 0 Å². The molecule has 150 valence electrons. The summed E-state index contributed by atoms with van der Waals surface area (Å²) in [5, 5.41) is 0. The molecule has 1 aliphatic rings. The monoisotopic (exact) mass is 366 g/mol. The minimum atomic E-state index is -0.198. The molecule has 4 nitrogen and oxygen atoms in total. The number of ether oxygens (including phenoxy) is 2. The summed E-state index contributed by atoms with van der Waals surface area (Å²) in [6.07, 6.45) is 17.3. The molecule has 26 heavy (non-hydrogen) atoms. The number of hydrogen-bond donors (Lipinski definition) is 0. The maximum absolute atomic E-state index is 11.7. The van der Waals surface area contributed by atoms with Crippen LogP contribution in [0.25, 0.3) is 0 Å². The van der Waals surface area contributed by atoms with Gasteiger partial charge in [-0.05, 0) is 44.4 Å². The highest BCUT2D eigenvalue weighted by molar-refractivity contribution is 5.72. The van der Waals surface area contributed by atoms with Crippen molar-refractivity contribution in [3.05, 3.63) is 12.7 Å². The molecule has 0 amide bonds. The number of rotatable bonds is 15. The van der Waals surface area contributed by atoms with E-state index in [0.29, 0.717) is 38.4 Å². The smallest absolute Gasteiger partial charge is 0.305 e. The fraction of sp³-hybridized carbons (Fsp3) is 0.818. The van der Waals surface area contributed by atoms with E-state index in [1.807, 2.05) is 6.08 Å². The SMILES string of the molecule is C=CCCCCCCCCOC(=O)CCCC(=O)OCC1CCCCC1. The van der Waals surface area contributed by atoms with Crippen LogP contribution in [0.15, 0.2) is 12.7 Å². The van der Waals surface area contributed by atoms with E-state index in [9.17, 15) is 9.59 Å². The van der Waals surface area contributed by atoms with Crippen LogP contribution in [0.1, 0.15) is 96.3 Å². The van der Waals surface area contributed by atoms with Crippen LogP contribution < -0.4 is 0 Å². The molecule has 0 unspecified atom stereocenters. The molecule has 1 rings (SSSR count). The lowest BCUT2D eigenvalue weighted by Gasteiger charge is -2.20. The van der Waals surface area contributed by atoms with Gasteiger partial charge in [-0.15, -0.1) is 6.58 Å². The van der Waals surface area contributed by atoms with E-state index in [4.69, 9.17) is 9.47 Å². The van der Waals surface area contributed by atoms with Gasteiger partial charge < -0.3 is 9.47 Å².